The summed E-state index contributed by atoms with van der Waals surface area (Å²) in [5.41, 5.74) is 6.31. The number of aliphatic hydroxyl groups is 1. The number of hydrogen-bond donors (Lipinski definition) is 2. The van der Waals surface area contributed by atoms with Crippen molar-refractivity contribution in [3.63, 3.8) is 0 Å². The van der Waals surface area contributed by atoms with Crippen LogP contribution in [0.1, 0.15) is 28.2 Å². The van der Waals surface area contributed by atoms with E-state index in [0.29, 0.717) is 0 Å². The van der Waals surface area contributed by atoms with E-state index in [0.717, 1.165) is 15.6 Å². The molecule has 0 spiro atoms. The number of carbonyl (C=O) groups is 1. The van der Waals surface area contributed by atoms with Gasteiger partial charge >= 0.3 is 6.09 Å². The number of alkyl carbamates (subject to hydrolysis) is 1. The average molecular weight is 462 g/mol. The molecule has 150 valence electrons. The zero-order valence-corrected chi connectivity index (χ0v) is 17.8. The molecular formula is C25H20BrNO3. The first-order valence-electron chi connectivity index (χ1n) is 9.64. The molecule has 0 radical (unpaired) electrons. The summed E-state index contributed by atoms with van der Waals surface area (Å²) < 4.78 is 6.33. The first kappa shape index (κ1) is 20.2. The standard InChI is InChI=1S/C25H20BrNO3/c26-24-12-11-17(14-18(24)15-28)6-5-13-27-25(29)30-16-23-21-9-3-1-7-19(21)20-8-2-4-10-22(20)23/h1-4,7-12,14,23,28H,13,15-16H2,(H,27,29). The fourth-order valence-corrected chi connectivity index (χ4v) is 4.06. The second kappa shape index (κ2) is 9.17. The molecule has 0 saturated heterocycles. The molecule has 0 unspecified atom stereocenters. The van der Waals surface area contributed by atoms with Gasteiger partial charge in [0.25, 0.3) is 0 Å². The molecule has 2 N–H and O–H groups in total. The van der Waals surface area contributed by atoms with Gasteiger partial charge in [0.05, 0.1) is 13.2 Å². The zero-order chi connectivity index (χ0) is 20.9. The summed E-state index contributed by atoms with van der Waals surface area (Å²) in [6.45, 7) is 0.398. The van der Waals surface area contributed by atoms with E-state index in [2.05, 4.69) is 57.4 Å². The van der Waals surface area contributed by atoms with Gasteiger partial charge in [-0.15, -0.1) is 0 Å². The van der Waals surface area contributed by atoms with Crippen molar-refractivity contribution in [2.24, 2.45) is 0 Å². The van der Waals surface area contributed by atoms with E-state index in [4.69, 9.17) is 4.74 Å². The molecule has 0 aliphatic heterocycles. The van der Waals surface area contributed by atoms with Crippen LogP contribution in [0.25, 0.3) is 11.1 Å². The number of aliphatic hydroxyl groups excluding tert-OH is 1. The first-order chi connectivity index (χ1) is 14.7. The largest absolute Gasteiger partial charge is 0.449 e. The lowest BCUT2D eigenvalue weighted by Crippen LogP contribution is -2.26. The third-order valence-electron chi connectivity index (χ3n) is 5.11. The lowest BCUT2D eigenvalue weighted by atomic mass is 9.98. The smallest absolute Gasteiger partial charge is 0.407 e. The van der Waals surface area contributed by atoms with Gasteiger partial charge in [0.15, 0.2) is 0 Å². The fraction of sp³-hybridized carbons (Fsp3) is 0.160. The lowest BCUT2D eigenvalue weighted by molar-refractivity contribution is 0.144. The molecule has 1 aliphatic carbocycles. The van der Waals surface area contributed by atoms with E-state index in [9.17, 15) is 9.90 Å². The molecule has 0 bridgehead atoms. The van der Waals surface area contributed by atoms with Crippen molar-refractivity contribution in [3.8, 4) is 23.0 Å². The van der Waals surface area contributed by atoms with Gasteiger partial charge < -0.3 is 15.2 Å². The maximum atomic E-state index is 12.1. The Morgan fingerprint density at radius 2 is 1.70 bits per heavy atom. The number of halogens is 1. The Hall–Kier alpha value is -3.07. The number of rotatable bonds is 4. The predicted molar refractivity (Wildman–Crippen MR) is 120 cm³/mol. The van der Waals surface area contributed by atoms with E-state index in [1.54, 1.807) is 0 Å². The highest BCUT2D eigenvalue weighted by atomic mass is 79.9. The molecule has 0 heterocycles. The van der Waals surface area contributed by atoms with Crippen molar-refractivity contribution in [3.05, 3.63) is 93.5 Å². The van der Waals surface area contributed by atoms with Crippen LogP contribution in [0.2, 0.25) is 0 Å². The highest BCUT2D eigenvalue weighted by Crippen LogP contribution is 2.44. The summed E-state index contributed by atoms with van der Waals surface area (Å²) in [6.07, 6.45) is -0.488. The third-order valence-corrected chi connectivity index (χ3v) is 5.89. The average Bonchev–Trinajstić information content (AvgIpc) is 3.10. The van der Waals surface area contributed by atoms with Gasteiger partial charge in [-0.3, -0.25) is 0 Å². The van der Waals surface area contributed by atoms with Gasteiger partial charge in [-0.25, -0.2) is 4.79 Å². The first-order valence-corrected chi connectivity index (χ1v) is 10.4. The van der Waals surface area contributed by atoms with E-state index < -0.39 is 6.09 Å². The summed E-state index contributed by atoms with van der Waals surface area (Å²) in [4.78, 5) is 12.1. The minimum atomic E-state index is -0.488. The second-order valence-electron chi connectivity index (χ2n) is 6.95. The summed E-state index contributed by atoms with van der Waals surface area (Å²) in [6, 6.07) is 22.0. The molecule has 0 fully saturated rings. The van der Waals surface area contributed by atoms with E-state index >= 15 is 0 Å². The van der Waals surface area contributed by atoms with Crippen LogP contribution < -0.4 is 5.32 Å². The predicted octanol–water partition coefficient (Wildman–Crippen LogP) is 4.83. The number of nitrogens with one attached hydrogen (secondary N) is 1. The SMILES string of the molecule is O=C(NCC#Cc1ccc(Br)c(CO)c1)OCC1c2ccccc2-c2ccccc21. The zero-order valence-electron chi connectivity index (χ0n) is 16.2. The van der Waals surface area contributed by atoms with Crippen LogP contribution in [0.4, 0.5) is 4.79 Å². The van der Waals surface area contributed by atoms with Crippen LogP contribution in [-0.4, -0.2) is 24.4 Å². The van der Waals surface area contributed by atoms with E-state index in [-0.39, 0.29) is 25.7 Å². The van der Waals surface area contributed by atoms with Crippen LogP contribution in [0.15, 0.2) is 71.2 Å². The van der Waals surface area contributed by atoms with Crippen LogP contribution in [0.3, 0.4) is 0 Å². The molecule has 0 aromatic heterocycles. The second-order valence-corrected chi connectivity index (χ2v) is 7.80. The monoisotopic (exact) mass is 461 g/mol. The fourth-order valence-electron chi connectivity index (χ4n) is 3.69. The van der Waals surface area contributed by atoms with Gasteiger partial charge in [0.2, 0.25) is 0 Å². The quantitative estimate of drug-likeness (QED) is 0.546. The molecule has 3 aromatic rings. The number of ether oxygens (including phenoxy) is 1. The highest BCUT2D eigenvalue weighted by molar-refractivity contribution is 9.10. The summed E-state index contributed by atoms with van der Waals surface area (Å²) >= 11 is 3.38. The van der Waals surface area contributed by atoms with Gasteiger partial charge in [-0.05, 0) is 46.0 Å². The minimum Gasteiger partial charge on any atom is -0.449 e. The van der Waals surface area contributed by atoms with Gasteiger partial charge in [-0.2, -0.15) is 0 Å². The minimum absolute atomic E-state index is 0.0360. The van der Waals surface area contributed by atoms with Crippen molar-refractivity contribution >= 4 is 22.0 Å². The van der Waals surface area contributed by atoms with E-state index in [1.807, 2.05) is 42.5 Å². The summed E-state index contributed by atoms with van der Waals surface area (Å²) in [5.74, 6) is 5.91. The third kappa shape index (κ3) is 4.25. The molecule has 30 heavy (non-hydrogen) atoms. The topological polar surface area (TPSA) is 58.6 Å². The number of hydrogen-bond acceptors (Lipinski definition) is 3. The Morgan fingerprint density at radius 3 is 2.37 bits per heavy atom. The van der Waals surface area contributed by atoms with E-state index in [1.165, 1.54) is 22.3 Å². The Balaban J connectivity index is 1.34. The normalized spacial score (nSPS) is 11.8. The van der Waals surface area contributed by atoms with Crippen molar-refractivity contribution in [2.75, 3.05) is 13.2 Å². The van der Waals surface area contributed by atoms with Gasteiger partial charge in [0, 0.05) is 16.0 Å². The number of amides is 1. The molecule has 4 rings (SSSR count). The van der Waals surface area contributed by atoms with Gasteiger partial charge in [0.1, 0.15) is 6.61 Å². The maximum absolute atomic E-state index is 12.1. The molecule has 1 aliphatic rings. The molecule has 1 amide bonds. The highest BCUT2D eigenvalue weighted by Gasteiger charge is 2.28. The van der Waals surface area contributed by atoms with Crippen LogP contribution in [0.5, 0.6) is 0 Å². The molecule has 5 heteroatoms. The van der Waals surface area contributed by atoms with Crippen molar-refractivity contribution < 1.29 is 14.6 Å². The van der Waals surface area contributed by atoms with Crippen LogP contribution in [0, 0.1) is 11.8 Å². The maximum Gasteiger partial charge on any atom is 0.407 e. The number of carbonyl (C=O) groups excluding carboxylic acids is 1. The molecular weight excluding hydrogens is 442 g/mol. The van der Waals surface area contributed by atoms with Crippen LogP contribution >= 0.6 is 15.9 Å². The number of benzene rings is 3. The Bertz CT molecular complexity index is 1100. The molecule has 0 atom stereocenters. The number of fused-ring (bicyclic) bond motifs is 3. The Kier molecular flexibility index (Phi) is 6.18. The molecule has 3 aromatic carbocycles. The van der Waals surface area contributed by atoms with Gasteiger partial charge in [-0.1, -0.05) is 76.3 Å². The Morgan fingerprint density at radius 1 is 1.03 bits per heavy atom. The summed E-state index contributed by atoms with van der Waals surface area (Å²) in [5, 5.41) is 12.0. The van der Waals surface area contributed by atoms with Crippen molar-refractivity contribution in [2.45, 2.75) is 12.5 Å². The lowest BCUT2D eigenvalue weighted by Gasteiger charge is -2.14. The molecule has 4 nitrogen and oxygen atoms in total. The van der Waals surface area contributed by atoms with Crippen molar-refractivity contribution in [1.29, 1.82) is 0 Å². The summed E-state index contributed by atoms with van der Waals surface area (Å²) in [7, 11) is 0. The Labute approximate surface area is 184 Å². The molecule has 0 saturated carbocycles. The van der Waals surface area contributed by atoms with Crippen molar-refractivity contribution in [1.82, 2.24) is 5.32 Å². The van der Waals surface area contributed by atoms with Crippen LogP contribution in [-0.2, 0) is 11.3 Å².